The molecule has 1 aromatic heterocycles. The van der Waals surface area contributed by atoms with Gasteiger partial charge in [-0.25, -0.2) is 13.1 Å². The van der Waals surface area contributed by atoms with Crippen LogP contribution in [0, 0.1) is 13.8 Å². The molecule has 0 bridgehead atoms. The standard InChI is InChI=1S/C12H20N2O3S/c1-8-7-12(10(3)17-8)18(15,16)14-11-5-4-6-13-9(11)2/h7,9,11,13-14H,4-6H2,1-3H3. The Hall–Kier alpha value is -0.850. The fraction of sp³-hybridized carbons (Fsp3) is 0.667. The molecule has 5 nitrogen and oxygen atoms in total. The Morgan fingerprint density at radius 2 is 2.17 bits per heavy atom. The molecule has 18 heavy (non-hydrogen) atoms. The lowest BCUT2D eigenvalue weighted by molar-refractivity contribution is 0.348. The highest BCUT2D eigenvalue weighted by atomic mass is 32.2. The molecule has 6 heteroatoms. The third-order valence-electron chi connectivity index (χ3n) is 3.35. The predicted molar refractivity (Wildman–Crippen MR) is 69.0 cm³/mol. The highest BCUT2D eigenvalue weighted by Crippen LogP contribution is 2.20. The number of aryl methyl sites for hydroxylation is 2. The van der Waals surface area contributed by atoms with E-state index in [0.29, 0.717) is 11.5 Å². The second-order valence-corrected chi connectivity index (χ2v) is 6.57. The molecule has 1 aliphatic rings. The number of hydrogen-bond acceptors (Lipinski definition) is 4. The fourth-order valence-corrected chi connectivity index (χ4v) is 3.93. The minimum Gasteiger partial charge on any atom is -0.465 e. The summed E-state index contributed by atoms with van der Waals surface area (Å²) in [5, 5.41) is 3.28. The molecule has 1 saturated heterocycles. The van der Waals surface area contributed by atoms with Gasteiger partial charge in [0.25, 0.3) is 0 Å². The molecule has 0 radical (unpaired) electrons. The molecule has 102 valence electrons. The first-order chi connectivity index (χ1) is 8.40. The van der Waals surface area contributed by atoms with Gasteiger partial charge in [-0.3, -0.25) is 0 Å². The van der Waals surface area contributed by atoms with Gasteiger partial charge in [0.15, 0.2) is 0 Å². The van der Waals surface area contributed by atoms with Crippen LogP contribution in [0.15, 0.2) is 15.4 Å². The Labute approximate surface area is 108 Å². The van der Waals surface area contributed by atoms with Gasteiger partial charge in [-0.2, -0.15) is 0 Å². The summed E-state index contributed by atoms with van der Waals surface area (Å²) < 4.78 is 32.6. The van der Waals surface area contributed by atoms with Gasteiger partial charge < -0.3 is 9.73 Å². The van der Waals surface area contributed by atoms with Crippen LogP contribution in [-0.4, -0.2) is 27.0 Å². The fourth-order valence-electron chi connectivity index (χ4n) is 2.34. The lowest BCUT2D eigenvalue weighted by Gasteiger charge is -2.30. The van der Waals surface area contributed by atoms with Crippen LogP contribution in [0.3, 0.4) is 0 Å². The lowest BCUT2D eigenvalue weighted by atomic mass is 10.0. The van der Waals surface area contributed by atoms with Crippen molar-refractivity contribution in [3.63, 3.8) is 0 Å². The van der Waals surface area contributed by atoms with Crippen LogP contribution in [-0.2, 0) is 10.0 Å². The lowest BCUT2D eigenvalue weighted by Crippen LogP contribution is -2.51. The Morgan fingerprint density at radius 1 is 1.44 bits per heavy atom. The monoisotopic (exact) mass is 272 g/mol. The van der Waals surface area contributed by atoms with Gasteiger partial charge in [-0.05, 0) is 46.2 Å². The van der Waals surface area contributed by atoms with Crippen LogP contribution in [0.5, 0.6) is 0 Å². The first-order valence-corrected chi connectivity index (χ1v) is 7.71. The van der Waals surface area contributed by atoms with Crippen LogP contribution >= 0.6 is 0 Å². The van der Waals surface area contributed by atoms with Gasteiger partial charge in [0.05, 0.1) is 0 Å². The number of hydrogen-bond donors (Lipinski definition) is 2. The maximum Gasteiger partial charge on any atom is 0.244 e. The molecule has 0 saturated carbocycles. The minimum atomic E-state index is -3.49. The van der Waals surface area contributed by atoms with E-state index in [-0.39, 0.29) is 17.0 Å². The average molecular weight is 272 g/mol. The third kappa shape index (κ3) is 2.76. The van der Waals surface area contributed by atoms with Gasteiger partial charge in [-0.1, -0.05) is 0 Å². The molecule has 2 N–H and O–H groups in total. The zero-order valence-corrected chi connectivity index (χ0v) is 11.8. The zero-order valence-electron chi connectivity index (χ0n) is 11.0. The molecule has 2 heterocycles. The summed E-state index contributed by atoms with van der Waals surface area (Å²) in [6.45, 7) is 6.37. The first kappa shape index (κ1) is 13.6. The van der Waals surface area contributed by atoms with Crippen molar-refractivity contribution in [1.82, 2.24) is 10.0 Å². The van der Waals surface area contributed by atoms with Crippen molar-refractivity contribution in [3.8, 4) is 0 Å². The van der Waals surface area contributed by atoms with Crippen molar-refractivity contribution in [2.45, 2.75) is 50.6 Å². The number of rotatable bonds is 3. The van der Waals surface area contributed by atoms with E-state index in [0.717, 1.165) is 19.4 Å². The summed E-state index contributed by atoms with van der Waals surface area (Å²) in [6.07, 6.45) is 1.85. The van der Waals surface area contributed by atoms with Gasteiger partial charge in [0, 0.05) is 12.1 Å². The molecule has 0 amide bonds. The minimum absolute atomic E-state index is 0.0571. The van der Waals surface area contributed by atoms with Crippen molar-refractivity contribution < 1.29 is 12.8 Å². The van der Waals surface area contributed by atoms with Crippen LogP contribution in [0.1, 0.15) is 31.3 Å². The predicted octanol–water partition coefficient (Wildman–Crippen LogP) is 1.32. The average Bonchev–Trinajstić information content (AvgIpc) is 2.62. The largest absolute Gasteiger partial charge is 0.465 e. The van der Waals surface area contributed by atoms with Crippen LogP contribution in [0.2, 0.25) is 0 Å². The van der Waals surface area contributed by atoms with E-state index in [4.69, 9.17) is 4.42 Å². The Balaban J connectivity index is 2.19. The molecule has 2 atom stereocenters. The molecule has 2 rings (SSSR count). The number of furan rings is 1. The maximum atomic E-state index is 12.3. The number of nitrogens with one attached hydrogen (secondary N) is 2. The second kappa shape index (κ2) is 5.03. The van der Waals surface area contributed by atoms with Gasteiger partial charge >= 0.3 is 0 Å². The van der Waals surface area contributed by atoms with Crippen molar-refractivity contribution in [3.05, 3.63) is 17.6 Å². The number of piperidine rings is 1. The van der Waals surface area contributed by atoms with Crippen molar-refractivity contribution in [2.75, 3.05) is 6.54 Å². The zero-order chi connectivity index (χ0) is 13.3. The molecule has 1 aromatic rings. The van der Waals surface area contributed by atoms with E-state index in [1.54, 1.807) is 19.9 Å². The molecular formula is C12H20N2O3S. The molecule has 2 unspecified atom stereocenters. The van der Waals surface area contributed by atoms with Gasteiger partial charge in [-0.15, -0.1) is 0 Å². The Bertz CT molecular complexity index is 521. The highest BCUT2D eigenvalue weighted by Gasteiger charge is 2.28. The topological polar surface area (TPSA) is 71.3 Å². The quantitative estimate of drug-likeness (QED) is 0.870. The summed E-state index contributed by atoms with van der Waals surface area (Å²) in [5.74, 6) is 1.05. The Kier molecular flexibility index (Phi) is 3.79. The normalized spacial score (nSPS) is 25.3. The van der Waals surface area contributed by atoms with Gasteiger partial charge in [0.2, 0.25) is 10.0 Å². The maximum absolute atomic E-state index is 12.3. The summed E-state index contributed by atoms with van der Waals surface area (Å²) >= 11 is 0. The SMILES string of the molecule is Cc1cc(S(=O)(=O)NC2CCCNC2C)c(C)o1. The molecule has 0 spiro atoms. The van der Waals surface area contributed by atoms with Crippen molar-refractivity contribution in [1.29, 1.82) is 0 Å². The van der Waals surface area contributed by atoms with Crippen LogP contribution in [0.4, 0.5) is 0 Å². The first-order valence-electron chi connectivity index (χ1n) is 6.23. The van der Waals surface area contributed by atoms with E-state index >= 15 is 0 Å². The van der Waals surface area contributed by atoms with E-state index in [1.807, 2.05) is 6.92 Å². The summed E-state index contributed by atoms with van der Waals surface area (Å²) in [4.78, 5) is 0.248. The molecule has 0 aromatic carbocycles. The smallest absolute Gasteiger partial charge is 0.244 e. The van der Waals surface area contributed by atoms with E-state index in [2.05, 4.69) is 10.0 Å². The highest BCUT2D eigenvalue weighted by molar-refractivity contribution is 7.89. The van der Waals surface area contributed by atoms with Crippen LogP contribution < -0.4 is 10.0 Å². The van der Waals surface area contributed by atoms with Crippen LogP contribution in [0.25, 0.3) is 0 Å². The summed E-state index contributed by atoms with van der Waals surface area (Å²) in [6, 6.07) is 1.67. The number of sulfonamides is 1. The van der Waals surface area contributed by atoms with Crippen molar-refractivity contribution >= 4 is 10.0 Å². The summed E-state index contributed by atoms with van der Waals surface area (Å²) in [7, 11) is -3.49. The molecular weight excluding hydrogens is 252 g/mol. The van der Waals surface area contributed by atoms with Crippen molar-refractivity contribution in [2.24, 2.45) is 0 Å². The molecule has 0 aliphatic carbocycles. The molecule has 1 aliphatic heterocycles. The van der Waals surface area contributed by atoms with E-state index < -0.39 is 10.0 Å². The molecule has 1 fully saturated rings. The summed E-state index contributed by atoms with van der Waals surface area (Å²) in [5.41, 5.74) is 0. The Morgan fingerprint density at radius 3 is 2.72 bits per heavy atom. The van der Waals surface area contributed by atoms with Gasteiger partial charge in [0.1, 0.15) is 16.4 Å². The van der Waals surface area contributed by atoms with E-state index in [9.17, 15) is 8.42 Å². The van der Waals surface area contributed by atoms with E-state index in [1.165, 1.54) is 0 Å². The third-order valence-corrected chi connectivity index (χ3v) is 4.95. The second-order valence-electron chi connectivity index (χ2n) is 4.89.